The monoisotopic (exact) mass is 491 g/mol. The van der Waals surface area contributed by atoms with Crippen LogP contribution in [0.25, 0.3) is 22.0 Å². The van der Waals surface area contributed by atoms with E-state index < -0.39 is 0 Å². The Bertz CT molecular complexity index is 845. The molecule has 0 aliphatic heterocycles. The molecule has 0 saturated carbocycles. The summed E-state index contributed by atoms with van der Waals surface area (Å²) in [7, 11) is 2.19. The van der Waals surface area contributed by atoms with Gasteiger partial charge < -0.3 is 37.2 Å². The molecule has 112 valence electrons. The first-order valence-electron chi connectivity index (χ1n) is 6.27. The average Bonchev–Trinajstić information content (AvgIpc) is 2.87. The van der Waals surface area contributed by atoms with Crippen LogP contribution in [-0.4, -0.2) is 4.57 Å². The number of hydrogen-bond donors (Lipinski definition) is 0. The number of hydrogen-bond acceptors (Lipinski definition) is 0. The van der Waals surface area contributed by atoms with Crippen molar-refractivity contribution in [2.75, 3.05) is 0 Å². The molecule has 22 heavy (non-hydrogen) atoms. The molecule has 1 aromatic heterocycles. The van der Waals surface area contributed by atoms with Gasteiger partial charge in [-0.15, -0.1) is 0 Å². The number of rotatable bonds is 0. The van der Waals surface area contributed by atoms with Crippen molar-refractivity contribution in [3.63, 3.8) is 0 Å². The fourth-order valence-corrected chi connectivity index (χ4v) is 5.14. The van der Waals surface area contributed by atoms with Crippen LogP contribution < -0.4 is 40.5 Å². The molecule has 0 unspecified atom stereocenters. The molecule has 0 spiro atoms. The molecule has 6 heteroatoms. The number of aromatic nitrogens is 1. The van der Waals surface area contributed by atoms with Gasteiger partial charge in [-0.2, -0.15) is 0 Å². The maximum Gasteiger partial charge on any atom is -1.00 e. The van der Waals surface area contributed by atoms with Gasteiger partial charge in [0.2, 0.25) is 0 Å². The molecule has 1 nitrogen and oxygen atoms in total. The Kier molecular flexibility index (Phi) is 6.82. The molecule has 0 radical (unpaired) electrons. The molecule has 0 saturated heterocycles. The first kappa shape index (κ1) is 20.3. The van der Waals surface area contributed by atoms with Crippen LogP contribution in [0.2, 0.25) is 0 Å². The van der Waals surface area contributed by atoms with Crippen LogP contribution in [0, 0.1) is 0 Å². The maximum atomic E-state index is 3.62. The van der Waals surface area contributed by atoms with Gasteiger partial charge in [-0.1, -0.05) is 0 Å². The summed E-state index contributed by atoms with van der Waals surface area (Å²) >= 11 is 5.10. The maximum absolute atomic E-state index is 3.62. The summed E-state index contributed by atoms with van der Waals surface area (Å²) in [5.74, 6) is 0. The number of fused-ring (bicyclic) bond motifs is 5. The van der Waals surface area contributed by atoms with Crippen LogP contribution in [0.5, 0.6) is 0 Å². The minimum atomic E-state index is 0. The summed E-state index contributed by atoms with van der Waals surface area (Å²) in [6.45, 7) is 0. The molecular formula is C16H11BrCl3NZr. The third-order valence-electron chi connectivity index (χ3n) is 4.03. The van der Waals surface area contributed by atoms with Gasteiger partial charge in [0.05, 0.1) is 0 Å². The van der Waals surface area contributed by atoms with Crippen LogP contribution in [0.1, 0.15) is 11.3 Å². The van der Waals surface area contributed by atoms with Gasteiger partial charge in [-0.25, -0.2) is 0 Å². The van der Waals surface area contributed by atoms with E-state index >= 15 is 0 Å². The van der Waals surface area contributed by atoms with Crippen molar-refractivity contribution in [2.24, 2.45) is 7.05 Å². The van der Waals surface area contributed by atoms with Crippen LogP contribution in [0.4, 0.5) is 0 Å². The number of nitrogens with zero attached hydrogens (tertiary/aromatic N) is 1. The first-order valence-corrected chi connectivity index (χ1v) is 8.29. The average molecular weight is 495 g/mol. The van der Waals surface area contributed by atoms with E-state index in [4.69, 9.17) is 0 Å². The van der Waals surface area contributed by atoms with Crippen LogP contribution in [0.3, 0.4) is 0 Å². The molecule has 3 aromatic rings. The Morgan fingerprint density at radius 1 is 1.09 bits per heavy atom. The summed E-state index contributed by atoms with van der Waals surface area (Å²) < 4.78 is 4.98. The summed E-state index contributed by atoms with van der Waals surface area (Å²) in [6.07, 6.45) is 1.06. The molecule has 4 rings (SSSR count). The van der Waals surface area contributed by atoms with E-state index in [0.717, 1.165) is 6.42 Å². The largest absolute Gasteiger partial charge is 1.00 e. The minimum Gasteiger partial charge on any atom is -1.00 e. The fraction of sp³-hybridized carbons (Fsp3) is 0.125. The molecule has 1 heterocycles. The van der Waals surface area contributed by atoms with Crippen molar-refractivity contribution in [3.05, 3.63) is 52.1 Å². The van der Waals surface area contributed by atoms with E-state index in [1.807, 2.05) is 0 Å². The number of aryl methyl sites for hydroxylation is 1. The SMILES string of the molecule is Cn1c2c(c3[c]([Zr+3])cc(Br)cc31)-c1ccccc1C2.[Cl-].[Cl-].[Cl-]. The van der Waals surface area contributed by atoms with E-state index in [9.17, 15) is 0 Å². The number of halogens is 4. The van der Waals surface area contributed by atoms with E-state index in [2.05, 4.69) is 63.9 Å². The van der Waals surface area contributed by atoms with Crippen molar-refractivity contribution in [1.82, 2.24) is 4.57 Å². The predicted octanol–water partition coefficient (Wildman–Crippen LogP) is -5.30. The second-order valence-electron chi connectivity index (χ2n) is 5.06. The zero-order valence-corrected chi connectivity index (χ0v) is 17.9. The molecular weight excluding hydrogens is 484 g/mol. The summed E-state index contributed by atoms with van der Waals surface area (Å²) in [6, 6.07) is 13.3. The zero-order valence-electron chi connectivity index (χ0n) is 11.6. The van der Waals surface area contributed by atoms with Gasteiger partial charge in [-0.3, -0.25) is 0 Å². The quantitative estimate of drug-likeness (QED) is 0.230. The second-order valence-corrected chi connectivity index (χ2v) is 7.30. The summed E-state index contributed by atoms with van der Waals surface area (Å²) in [5, 5.41) is 1.45. The van der Waals surface area contributed by atoms with E-state index in [1.165, 1.54) is 65.8 Å². The van der Waals surface area contributed by atoms with Crippen molar-refractivity contribution >= 4 is 30.1 Å². The molecule has 0 amide bonds. The Morgan fingerprint density at radius 2 is 1.77 bits per heavy atom. The van der Waals surface area contributed by atoms with Crippen LogP contribution in [0.15, 0.2) is 40.9 Å². The topological polar surface area (TPSA) is 4.93 Å². The van der Waals surface area contributed by atoms with Gasteiger partial charge in [0, 0.05) is 0 Å². The molecule has 0 bridgehead atoms. The van der Waals surface area contributed by atoms with Crippen molar-refractivity contribution < 1.29 is 61.9 Å². The minimum absolute atomic E-state index is 0. The van der Waals surface area contributed by atoms with Gasteiger partial charge in [0.15, 0.2) is 0 Å². The summed E-state index contributed by atoms with van der Waals surface area (Å²) in [4.78, 5) is 0. The van der Waals surface area contributed by atoms with Gasteiger partial charge in [0.25, 0.3) is 0 Å². The Hall–Kier alpha value is 0.213. The smallest absolute Gasteiger partial charge is 1.00 e. The molecule has 0 N–H and O–H groups in total. The standard InChI is InChI=1S/C16H11BrN.3ClH.Zr/c1-18-14-9-11(17)6-7-13(14)16-12-5-3-2-4-10(12)8-15(16)18;;;;/h2-6,9H,8H2,1H3;3*1H;/q;;;;+3/p-3. The van der Waals surface area contributed by atoms with Crippen molar-refractivity contribution in [2.45, 2.75) is 6.42 Å². The van der Waals surface area contributed by atoms with Crippen LogP contribution in [-0.2, 0) is 38.2 Å². The molecule has 1 aliphatic carbocycles. The summed E-state index contributed by atoms with van der Waals surface area (Å²) in [5.41, 5.74) is 7.16. The fourth-order valence-electron chi connectivity index (χ4n) is 3.17. The van der Waals surface area contributed by atoms with Crippen molar-refractivity contribution in [1.29, 1.82) is 0 Å². The molecule has 2 aromatic carbocycles. The molecule has 0 fully saturated rings. The Morgan fingerprint density at radius 3 is 2.50 bits per heavy atom. The van der Waals surface area contributed by atoms with E-state index in [0.29, 0.717) is 0 Å². The van der Waals surface area contributed by atoms with Gasteiger partial charge >= 0.3 is 136 Å². The Labute approximate surface area is 172 Å². The third kappa shape index (κ3) is 2.84. The number of benzene rings is 2. The van der Waals surface area contributed by atoms with Crippen LogP contribution >= 0.6 is 15.9 Å². The van der Waals surface area contributed by atoms with Gasteiger partial charge in [-0.05, 0) is 0 Å². The Balaban J connectivity index is 0.000000807. The second kappa shape index (κ2) is 7.40. The van der Waals surface area contributed by atoms with E-state index in [1.54, 1.807) is 0 Å². The van der Waals surface area contributed by atoms with E-state index in [-0.39, 0.29) is 37.2 Å². The first-order chi connectivity index (χ1) is 9.16. The zero-order chi connectivity index (χ0) is 13.1. The predicted molar refractivity (Wildman–Crippen MR) is 78.5 cm³/mol. The third-order valence-corrected chi connectivity index (χ3v) is 5.46. The van der Waals surface area contributed by atoms with Gasteiger partial charge in [0.1, 0.15) is 0 Å². The normalized spacial score (nSPS) is 11.1. The molecule has 1 aliphatic rings. The molecule has 0 atom stereocenters. The van der Waals surface area contributed by atoms with Crippen molar-refractivity contribution in [3.8, 4) is 11.1 Å².